The van der Waals surface area contributed by atoms with Crippen molar-refractivity contribution in [3.63, 3.8) is 0 Å². The van der Waals surface area contributed by atoms with E-state index in [0.29, 0.717) is 17.1 Å². The molecule has 0 saturated heterocycles. The summed E-state index contributed by atoms with van der Waals surface area (Å²) in [6.07, 6.45) is 1.65. The lowest BCUT2D eigenvalue weighted by atomic mass is 9.77. The molecule has 25 heavy (non-hydrogen) atoms. The summed E-state index contributed by atoms with van der Waals surface area (Å²) in [5.74, 6) is -0.817. The Kier molecular flexibility index (Phi) is 4.35. The lowest BCUT2D eigenvalue weighted by molar-refractivity contribution is -0.384. The highest BCUT2D eigenvalue weighted by Gasteiger charge is 2.40. The molecule has 0 spiro atoms. The summed E-state index contributed by atoms with van der Waals surface area (Å²) >= 11 is 0. The van der Waals surface area contributed by atoms with Gasteiger partial charge in [-0.25, -0.2) is 4.99 Å². The quantitative estimate of drug-likeness (QED) is 0.483. The van der Waals surface area contributed by atoms with Crippen LogP contribution in [0.25, 0.3) is 0 Å². The summed E-state index contributed by atoms with van der Waals surface area (Å²) in [7, 11) is 1.77. The largest absolute Gasteiger partial charge is 0.465 e. The molecule has 130 valence electrons. The molecule has 1 aromatic heterocycles. The maximum Gasteiger partial charge on any atom is 0.315 e. The molecule has 1 aromatic carbocycles. The first-order chi connectivity index (χ1) is 11.9. The van der Waals surface area contributed by atoms with E-state index in [4.69, 9.17) is 4.74 Å². The molecule has 0 saturated carbocycles. The van der Waals surface area contributed by atoms with Gasteiger partial charge in [-0.15, -0.1) is 0 Å². The minimum absolute atomic E-state index is 0.0225. The molecule has 2 aromatic rings. The van der Waals surface area contributed by atoms with Crippen molar-refractivity contribution in [3.05, 3.63) is 51.7 Å². The second-order valence-corrected chi connectivity index (χ2v) is 5.86. The number of esters is 1. The van der Waals surface area contributed by atoms with Crippen LogP contribution in [0.3, 0.4) is 0 Å². The van der Waals surface area contributed by atoms with Crippen molar-refractivity contribution in [2.45, 2.75) is 19.8 Å². The van der Waals surface area contributed by atoms with Crippen molar-refractivity contribution in [1.82, 2.24) is 9.78 Å². The number of nitro groups is 1. The van der Waals surface area contributed by atoms with Crippen LogP contribution in [0.15, 0.2) is 35.5 Å². The number of carbonyl (C=O) groups is 1. The van der Waals surface area contributed by atoms with E-state index in [1.165, 1.54) is 12.1 Å². The highest BCUT2D eigenvalue weighted by molar-refractivity contribution is 6.04. The van der Waals surface area contributed by atoms with Crippen molar-refractivity contribution >= 4 is 23.2 Å². The first-order valence-corrected chi connectivity index (χ1v) is 7.92. The van der Waals surface area contributed by atoms with Gasteiger partial charge in [0.2, 0.25) is 0 Å². The Morgan fingerprint density at radius 3 is 2.88 bits per heavy atom. The van der Waals surface area contributed by atoms with Gasteiger partial charge in [-0.2, -0.15) is 5.10 Å². The van der Waals surface area contributed by atoms with E-state index in [-0.39, 0.29) is 12.3 Å². The molecule has 0 radical (unpaired) electrons. The number of hydrogen-bond donors (Lipinski definition) is 0. The normalized spacial score (nSPS) is 19.1. The summed E-state index contributed by atoms with van der Waals surface area (Å²) in [4.78, 5) is 27.8. The third kappa shape index (κ3) is 2.90. The number of aromatic nitrogens is 2. The monoisotopic (exact) mass is 342 g/mol. The van der Waals surface area contributed by atoms with Gasteiger partial charge in [0.15, 0.2) is 5.82 Å². The molecule has 3 rings (SSSR count). The van der Waals surface area contributed by atoms with Crippen LogP contribution in [-0.4, -0.2) is 33.0 Å². The number of hydrogen-bond acceptors (Lipinski definition) is 6. The average molecular weight is 342 g/mol. The van der Waals surface area contributed by atoms with Crippen LogP contribution in [0.1, 0.15) is 30.9 Å². The van der Waals surface area contributed by atoms with Gasteiger partial charge in [0, 0.05) is 36.4 Å². The van der Waals surface area contributed by atoms with Crippen LogP contribution >= 0.6 is 0 Å². The fourth-order valence-corrected chi connectivity index (χ4v) is 3.20. The minimum Gasteiger partial charge on any atom is -0.465 e. The van der Waals surface area contributed by atoms with Gasteiger partial charge in [-0.3, -0.25) is 19.6 Å². The highest BCUT2D eigenvalue weighted by atomic mass is 16.6. The zero-order valence-corrected chi connectivity index (χ0v) is 14.2. The van der Waals surface area contributed by atoms with Crippen LogP contribution in [0.5, 0.6) is 0 Å². The number of fused-ring (bicyclic) bond motifs is 1. The van der Waals surface area contributed by atoms with Crippen LogP contribution in [0, 0.1) is 16.0 Å². The molecule has 1 aliphatic heterocycles. The van der Waals surface area contributed by atoms with Crippen LogP contribution in [0.2, 0.25) is 0 Å². The number of nitro benzene ring substituents is 1. The summed E-state index contributed by atoms with van der Waals surface area (Å²) in [5, 5.41) is 15.4. The zero-order chi connectivity index (χ0) is 18.1. The Labute approximate surface area is 144 Å². The maximum atomic E-state index is 12.6. The Bertz CT molecular complexity index is 871. The van der Waals surface area contributed by atoms with Gasteiger partial charge < -0.3 is 4.74 Å². The van der Waals surface area contributed by atoms with Crippen molar-refractivity contribution in [3.8, 4) is 0 Å². The number of ether oxygens (including phenoxy) is 1. The Hall–Kier alpha value is -3.03. The molecule has 0 bridgehead atoms. The number of carbonyl (C=O) groups excluding carboxylic acids is 1. The smallest absolute Gasteiger partial charge is 0.315 e. The molecule has 2 atom stereocenters. The van der Waals surface area contributed by atoms with Crippen molar-refractivity contribution in [2.75, 3.05) is 6.61 Å². The topological polar surface area (TPSA) is 99.6 Å². The van der Waals surface area contributed by atoms with Crippen LogP contribution in [0.4, 0.5) is 11.5 Å². The highest BCUT2D eigenvalue weighted by Crippen LogP contribution is 2.43. The fraction of sp³-hybridized carbons (Fsp3) is 0.353. The summed E-state index contributed by atoms with van der Waals surface area (Å²) in [6, 6.07) is 6.31. The van der Waals surface area contributed by atoms with Gasteiger partial charge >= 0.3 is 5.97 Å². The van der Waals surface area contributed by atoms with Gasteiger partial charge in [0.05, 0.1) is 17.7 Å². The SMILES string of the molecule is CCOC(=O)C1C(C)=Nc2c(cnn2C)C1c1cccc([N+](=O)[O-])c1. The lowest BCUT2D eigenvalue weighted by Crippen LogP contribution is -2.33. The Balaban J connectivity index is 2.17. The molecule has 8 nitrogen and oxygen atoms in total. The third-order valence-electron chi connectivity index (χ3n) is 4.32. The second kappa shape index (κ2) is 6.46. The summed E-state index contributed by atoms with van der Waals surface area (Å²) < 4.78 is 6.85. The number of benzene rings is 1. The van der Waals surface area contributed by atoms with E-state index in [9.17, 15) is 14.9 Å². The van der Waals surface area contributed by atoms with Gasteiger partial charge in [0.1, 0.15) is 5.92 Å². The minimum atomic E-state index is -0.640. The molecule has 8 heteroatoms. The molecule has 2 heterocycles. The van der Waals surface area contributed by atoms with E-state index in [2.05, 4.69) is 10.1 Å². The third-order valence-corrected chi connectivity index (χ3v) is 4.32. The number of aryl methyl sites for hydroxylation is 1. The van der Waals surface area contributed by atoms with Crippen molar-refractivity contribution in [2.24, 2.45) is 18.0 Å². The zero-order valence-electron chi connectivity index (χ0n) is 14.2. The standard InChI is InChI=1S/C17H18N4O4/c1-4-25-17(22)14-10(2)19-16-13(9-18-20(16)3)15(14)11-6-5-7-12(8-11)21(23)24/h5-9,14-15H,4H2,1-3H3. The Morgan fingerprint density at radius 1 is 1.44 bits per heavy atom. The molecule has 1 aliphatic rings. The predicted octanol–water partition coefficient (Wildman–Crippen LogP) is 2.75. The number of non-ortho nitro benzene ring substituents is 1. The second-order valence-electron chi connectivity index (χ2n) is 5.86. The number of aliphatic imine (C=N–C) groups is 1. The molecule has 0 fully saturated rings. The predicted molar refractivity (Wildman–Crippen MR) is 91.0 cm³/mol. The van der Waals surface area contributed by atoms with Crippen molar-refractivity contribution in [1.29, 1.82) is 0 Å². The van der Waals surface area contributed by atoms with E-state index < -0.39 is 22.7 Å². The summed E-state index contributed by atoms with van der Waals surface area (Å²) in [5.41, 5.74) is 2.00. The molecule has 2 unspecified atom stereocenters. The molecule has 0 aliphatic carbocycles. The molecule has 0 N–H and O–H groups in total. The van der Waals surface area contributed by atoms with Gasteiger partial charge in [-0.1, -0.05) is 12.1 Å². The van der Waals surface area contributed by atoms with E-state index >= 15 is 0 Å². The maximum absolute atomic E-state index is 12.6. The summed E-state index contributed by atoms with van der Waals surface area (Å²) in [6.45, 7) is 3.76. The first-order valence-electron chi connectivity index (χ1n) is 7.92. The van der Waals surface area contributed by atoms with E-state index in [1.54, 1.807) is 43.9 Å². The van der Waals surface area contributed by atoms with Crippen LogP contribution < -0.4 is 0 Å². The number of nitrogens with zero attached hydrogens (tertiary/aromatic N) is 4. The first kappa shape index (κ1) is 16.8. The molecule has 0 amide bonds. The fourth-order valence-electron chi connectivity index (χ4n) is 3.20. The van der Waals surface area contributed by atoms with E-state index in [1.807, 2.05) is 0 Å². The Morgan fingerprint density at radius 2 is 2.20 bits per heavy atom. The molecular formula is C17H18N4O4. The van der Waals surface area contributed by atoms with Crippen LogP contribution in [-0.2, 0) is 16.6 Å². The van der Waals surface area contributed by atoms with Gasteiger partial charge in [0.25, 0.3) is 5.69 Å². The lowest BCUT2D eigenvalue weighted by Gasteiger charge is -2.29. The number of rotatable bonds is 4. The van der Waals surface area contributed by atoms with Crippen molar-refractivity contribution < 1.29 is 14.5 Å². The van der Waals surface area contributed by atoms with E-state index in [0.717, 1.165) is 5.56 Å². The average Bonchev–Trinajstić information content (AvgIpc) is 2.94. The molecular weight excluding hydrogens is 324 g/mol. The van der Waals surface area contributed by atoms with Gasteiger partial charge in [-0.05, 0) is 19.4 Å².